The number of unbranched alkanes of at least 4 members (excludes halogenated alkanes) is 2. The Balaban J connectivity index is 2.61. The average Bonchev–Trinajstić information content (AvgIpc) is 2.92. The lowest BCUT2D eigenvalue weighted by Crippen LogP contribution is -2.40. The van der Waals surface area contributed by atoms with Crippen LogP contribution in [0.5, 0.6) is 0 Å². The first-order valence-electron chi connectivity index (χ1n) is 6.14. The number of amides is 1. The average molecular weight is 251 g/mol. The molecule has 3 atom stereocenters. The maximum atomic E-state index is 12.8. The summed E-state index contributed by atoms with van der Waals surface area (Å²) in [5, 5.41) is 0. The minimum absolute atomic E-state index is 0.0873. The number of carbonyl (C=O) groups excluding carboxylic acids is 1. The third-order valence-electron chi connectivity index (χ3n) is 3.91. The fourth-order valence-corrected chi connectivity index (χ4v) is 2.64. The molecule has 0 spiro atoms. The number of carbonyl (C=O) groups is 1. The summed E-state index contributed by atoms with van der Waals surface area (Å²) in [6.07, 6.45) is -0.906. The first-order chi connectivity index (χ1) is 7.77. The maximum Gasteiger partial charge on any atom is 0.403 e. The molecule has 0 aromatic carbocycles. The van der Waals surface area contributed by atoms with Crippen LogP contribution in [0.25, 0.3) is 0 Å². The lowest BCUT2D eigenvalue weighted by atomic mass is 9.91. The quantitative estimate of drug-likeness (QED) is 0.723. The fraction of sp³-hybridized carbons (Fsp3) is 0.917. The van der Waals surface area contributed by atoms with Crippen molar-refractivity contribution in [3.05, 3.63) is 0 Å². The predicted octanol–water partition coefficient (Wildman–Crippen LogP) is 3.26. The summed E-state index contributed by atoms with van der Waals surface area (Å²) in [6, 6.07) is 0. The molecule has 1 rings (SSSR count). The van der Waals surface area contributed by atoms with E-state index in [2.05, 4.69) is 0 Å². The van der Waals surface area contributed by atoms with Gasteiger partial charge in [0.2, 0.25) is 5.91 Å². The number of nitrogens with two attached hydrogens (primary N) is 1. The normalized spacial score (nSPS) is 30.1. The minimum Gasteiger partial charge on any atom is -0.369 e. The molecule has 0 heterocycles. The SMILES string of the molecule is CCCCCC(C)C1CC1(C(N)=O)C(F)(F)F. The van der Waals surface area contributed by atoms with Gasteiger partial charge in [0.15, 0.2) is 0 Å². The molecule has 5 heteroatoms. The lowest BCUT2D eigenvalue weighted by molar-refractivity contribution is -0.195. The van der Waals surface area contributed by atoms with Gasteiger partial charge in [-0.25, -0.2) is 0 Å². The Hall–Kier alpha value is -0.740. The number of primary amides is 1. The van der Waals surface area contributed by atoms with Crippen molar-refractivity contribution < 1.29 is 18.0 Å². The van der Waals surface area contributed by atoms with Crippen LogP contribution in [0.4, 0.5) is 13.2 Å². The third kappa shape index (κ3) is 2.58. The monoisotopic (exact) mass is 251 g/mol. The molecule has 1 aliphatic rings. The van der Waals surface area contributed by atoms with Crippen molar-refractivity contribution in [1.82, 2.24) is 0 Å². The molecule has 0 radical (unpaired) electrons. The molecule has 3 unspecified atom stereocenters. The van der Waals surface area contributed by atoms with Crippen LogP contribution < -0.4 is 5.73 Å². The van der Waals surface area contributed by atoms with Crippen LogP contribution in [0, 0.1) is 17.3 Å². The summed E-state index contributed by atoms with van der Waals surface area (Å²) in [4.78, 5) is 11.1. The summed E-state index contributed by atoms with van der Waals surface area (Å²) in [6.45, 7) is 3.84. The predicted molar refractivity (Wildman–Crippen MR) is 59.1 cm³/mol. The Kier molecular flexibility index (Phi) is 4.10. The largest absolute Gasteiger partial charge is 0.403 e. The van der Waals surface area contributed by atoms with E-state index in [4.69, 9.17) is 5.73 Å². The van der Waals surface area contributed by atoms with Gasteiger partial charge >= 0.3 is 6.18 Å². The first kappa shape index (κ1) is 14.3. The molecule has 1 fully saturated rings. The van der Waals surface area contributed by atoms with Gasteiger partial charge in [0.05, 0.1) is 0 Å². The van der Waals surface area contributed by atoms with E-state index in [1.54, 1.807) is 6.92 Å². The second kappa shape index (κ2) is 4.86. The molecule has 0 saturated heterocycles. The highest BCUT2D eigenvalue weighted by Gasteiger charge is 2.75. The highest BCUT2D eigenvalue weighted by molar-refractivity contribution is 5.85. The fourth-order valence-electron chi connectivity index (χ4n) is 2.64. The van der Waals surface area contributed by atoms with Gasteiger partial charge in [-0.05, 0) is 18.3 Å². The van der Waals surface area contributed by atoms with E-state index in [9.17, 15) is 18.0 Å². The van der Waals surface area contributed by atoms with E-state index in [1.807, 2.05) is 6.92 Å². The van der Waals surface area contributed by atoms with E-state index < -0.39 is 23.4 Å². The molecular formula is C12H20F3NO. The zero-order chi connectivity index (χ0) is 13.3. The number of alkyl halides is 3. The minimum atomic E-state index is -4.50. The van der Waals surface area contributed by atoms with Crippen LogP contribution in [-0.4, -0.2) is 12.1 Å². The molecule has 2 N–H and O–H groups in total. The van der Waals surface area contributed by atoms with E-state index in [-0.39, 0.29) is 12.3 Å². The summed E-state index contributed by atoms with van der Waals surface area (Å²) in [7, 11) is 0. The van der Waals surface area contributed by atoms with Crippen LogP contribution >= 0.6 is 0 Å². The molecule has 0 aliphatic heterocycles. The van der Waals surface area contributed by atoms with Crippen molar-refractivity contribution in [1.29, 1.82) is 0 Å². The topological polar surface area (TPSA) is 43.1 Å². The standard InChI is InChI=1S/C12H20F3NO/c1-3-4-5-6-8(2)9-7-11(9,10(16)17)12(13,14)15/h8-9H,3-7H2,1-2H3,(H2,16,17). The van der Waals surface area contributed by atoms with Gasteiger partial charge in [-0.1, -0.05) is 39.5 Å². The second-order valence-electron chi connectivity index (χ2n) is 5.12. The molecule has 0 aromatic rings. The van der Waals surface area contributed by atoms with Crippen molar-refractivity contribution in [3.8, 4) is 0 Å². The highest BCUT2D eigenvalue weighted by atomic mass is 19.4. The van der Waals surface area contributed by atoms with E-state index in [0.717, 1.165) is 25.7 Å². The Labute approximate surface area is 99.7 Å². The number of rotatable bonds is 6. The van der Waals surface area contributed by atoms with Gasteiger partial charge < -0.3 is 5.73 Å². The molecule has 2 nitrogen and oxygen atoms in total. The van der Waals surface area contributed by atoms with Gasteiger partial charge in [0, 0.05) is 0 Å². The molecular weight excluding hydrogens is 231 g/mol. The van der Waals surface area contributed by atoms with Crippen molar-refractivity contribution in [2.24, 2.45) is 23.0 Å². The number of halogens is 3. The Bertz CT molecular complexity index is 290. The summed E-state index contributed by atoms with van der Waals surface area (Å²) >= 11 is 0. The van der Waals surface area contributed by atoms with Crippen molar-refractivity contribution >= 4 is 5.91 Å². The van der Waals surface area contributed by atoms with E-state index >= 15 is 0 Å². The molecule has 17 heavy (non-hydrogen) atoms. The third-order valence-corrected chi connectivity index (χ3v) is 3.91. The van der Waals surface area contributed by atoms with Gasteiger partial charge in [-0.2, -0.15) is 13.2 Å². The van der Waals surface area contributed by atoms with Crippen LogP contribution in [0.2, 0.25) is 0 Å². The van der Waals surface area contributed by atoms with Crippen LogP contribution in [0.15, 0.2) is 0 Å². The van der Waals surface area contributed by atoms with Crippen LogP contribution in [0.3, 0.4) is 0 Å². The van der Waals surface area contributed by atoms with Crippen molar-refractivity contribution in [3.63, 3.8) is 0 Å². The Morgan fingerprint density at radius 1 is 1.47 bits per heavy atom. The summed E-state index contributed by atoms with van der Waals surface area (Å²) < 4.78 is 38.5. The Morgan fingerprint density at radius 2 is 2.06 bits per heavy atom. The lowest BCUT2D eigenvalue weighted by Gasteiger charge is -2.20. The number of hydrogen-bond acceptors (Lipinski definition) is 1. The molecule has 100 valence electrons. The molecule has 0 aromatic heterocycles. The van der Waals surface area contributed by atoms with Gasteiger partial charge in [0.1, 0.15) is 5.41 Å². The van der Waals surface area contributed by atoms with E-state index in [1.165, 1.54) is 0 Å². The summed E-state index contributed by atoms with van der Waals surface area (Å²) in [5.41, 5.74) is 2.71. The molecule has 1 aliphatic carbocycles. The second-order valence-corrected chi connectivity index (χ2v) is 5.12. The van der Waals surface area contributed by atoms with Crippen molar-refractivity contribution in [2.45, 2.75) is 52.1 Å². The van der Waals surface area contributed by atoms with Gasteiger partial charge in [-0.15, -0.1) is 0 Å². The van der Waals surface area contributed by atoms with Crippen LogP contribution in [0.1, 0.15) is 46.0 Å². The summed E-state index contributed by atoms with van der Waals surface area (Å²) in [5.74, 6) is -1.91. The number of hydrogen-bond donors (Lipinski definition) is 1. The highest BCUT2D eigenvalue weighted by Crippen LogP contribution is 2.65. The molecule has 0 bridgehead atoms. The smallest absolute Gasteiger partial charge is 0.369 e. The molecule has 1 amide bonds. The maximum absolute atomic E-state index is 12.8. The van der Waals surface area contributed by atoms with Crippen LogP contribution in [-0.2, 0) is 4.79 Å². The zero-order valence-electron chi connectivity index (χ0n) is 10.3. The zero-order valence-corrected chi connectivity index (χ0v) is 10.3. The first-order valence-corrected chi connectivity index (χ1v) is 6.14. The van der Waals surface area contributed by atoms with E-state index in [0.29, 0.717) is 0 Å². The Morgan fingerprint density at radius 3 is 2.41 bits per heavy atom. The molecule has 1 saturated carbocycles. The van der Waals surface area contributed by atoms with Crippen molar-refractivity contribution in [2.75, 3.05) is 0 Å². The van der Waals surface area contributed by atoms with Gasteiger partial charge in [-0.3, -0.25) is 4.79 Å². The van der Waals surface area contributed by atoms with Gasteiger partial charge in [0.25, 0.3) is 0 Å².